The predicted octanol–water partition coefficient (Wildman–Crippen LogP) is 6.33. The van der Waals surface area contributed by atoms with E-state index in [0.29, 0.717) is 23.8 Å². The average Bonchev–Trinajstić information content (AvgIpc) is 3.39. The van der Waals surface area contributed by atoms with Gasteiger partial charge in [-0.3, -0.25) is 4.90 Å². The van der Waals surface area contributed by atoms with Crippen molar-refractivity contribution in [2.75, 3.05) is 13.1 Å². The molecule has 0 saturated carbocycles. The third kappa shape index (κ3) is 5.13. The Bertz CT molecular complexity index is 1280. The number of hydrogen-bond donors (Lipinski definition) is 0. The van der Waals surface area contributed by atoms with Gasteiger partial charge >= 0.3 is 0 Å². The number of aryl methyl sites for hydroxylation is 1. The minimum absolute atomic E-state index is 0.0719. The molecule has 4 aromatic rings. The number of aldehydes is 1. The van der Waals surface area contributed by atoms with E-state index < -0.39 is 0 Å². The van der Waals surface area contributed by atoms with Gasteiger partial charge in [-0.15, -0.1) is 0 Å². The lowest BCUT2D eigenvalue weighted by atomic mass is 9.71. The Kier molecular flexibility index (Phi) is 7.30. The fourth-order valence-electron chi connectivity index (χ4n) is 5.29. The van der Waals surface area contributed by atoms with E-state index in [-0.39, 0.29) is 11.5 Å². The van der Waals surface area contributed by atoms with Crippen molar-refractivity contribution in [2.24, 2.45) is 0 Å². The molecule has 5 nitrogen and oxygen atoms in total. The van der Waals surface area contributed by atoms with Gasteiger partial charge in [-0.1, -0.05) is 89.1 Å². The number of hydrogen-bond acceptors (Lipinski definition) is 5. The lowest BCUT2D eigenvalue weighted by molar-refractivity contribution is -0.109. The number of likely N-dealkylation sites (tertiary alicyclic amines) is 1. The number of piperidine rings is 1. The zero-order valence-electron chi connectivity index (χ0n) is 20.4. The molecule has 1 aliphatic heterocycles. The zero-order valence-corrected chi connectivity index (χ0v) is 21.2. The number of rotatable bonds is 8. The molecule has 0 N–H and O–H groups in total. The molecule has 1 fully saturated rings. The van der Waals surface area contributed by atoms with Crippen LogP contribution in [-0.4, -0.2) is 34.4 Å². The Labute approximate surface area is 217 Å². The van der Waals surface area contributed by atoms with Crippen molar-refractivity contribution in [3.8, 4) is 0 Å². The van der Waals surface area contributed by atoms with Crippen molar-refractivity contribution in [3.05, 3.63) is 118 Å². The highest BCUT2D eigenvalue weighted by Crippen LogP contribution is 2.42. The summed E-state index contributed by atoms with van der Waals surface area (Å²) in [6.07, 6.45) is 3.77. The molecule has 2 heterocycles. The molecule has 36 heavy (non-hydrogen) atoms. The van der Waals surface area contributed by atoms with Crippen molar-refractivity contribution >= 4 is 17.9 Å². The first-order chi connectivity index (χ1) is 17.6. The van der Waals surface area contributed by atoms with Gasteiger partial charge in [0, 0.05) is 30.6 Å². The monoisotopic (exact) mass is 499 g/mol. The fourth-order valence-corrected chi connectivity index (χ4v) is 5.42. The van der Waals surface area contributed by atoms with E-state index >= 15 is 0 Å². The molecule has 0 amide bonds. The largest absolute Gasteiger partial charge is 0.339 e. The van der Waals surface area contributed by atoms with Crippen LogP contribution in [-0.2, 0) is 16.6 Å². The minimum Gasteiger partial charge on any atom is -0.339 e. The minimum atomic E-state index is -0.335. The van der Waals surface area contributed by atoms with E-state index in [2.05, 4.69) is 65.5 Å². The van der Waals surface area contributed by atoms with E-state index in [1.165, 1.54) is 16.7 Å². The molecule has 5 rings (SSSR count). The highest BCUT2D eigenvalue weighted by molar-refractivity contribution is 6.30. The average molecular weight is 500 g/mol. The number of aromatic nitrogens is 2. The Morgan fingerprint density at radius 2 is 1.69 bits per heavy atom. The molecule has 3 aromatic carbocycles. The van der Waals surface area contributed by atoms with Crippen LogP contribution in [0.4, 0.5) is 0 Å². The summed E-state index contributed by atoms with van der Waals surface area (Å²) >= 11 is 6.03. The Hall–Kier alpha value is -3.28. The highest BCUT2D eigenvalue weighted by atomic mass is 35.5. The number of halogens is 1. The Morgan fingerprint density at radius 1 is 1.00 bits per heavy atom. The lowest BCUT2D eigenvalue weighted by Crippen LogP contribution is -2.45. The van der Waals surface area contributed by atoms with Gasteiger partial charge in [0.2, 0.25) is 5.89 Å². The molecule has 0 spiro atoms. The van der Waals surface area contributed by atoms with Crippen LogP contribution in [0.25, 0.3) is 0 Å². The second-order valence-corrected chi connectivity index (χ2v) is 10.1. The molecule has 1 unspecified atom stereocenters. The summed E-state index contributed by atoms with van der Waals surface area (Å²) in [4.78, 5) is 18.9. The normalized spacial score (nSPS) is 16.5. The highest BCUT2D eigenvalue weighted by Gasteiger charge is 2.43. The molecule has 1 atom stereocenters. The second kappa shape index (κ2) is 10.8. The van der Waals surface area contributed by atoms with E-state index in [1.807, 2.05) is 30.3 Å². The molecular weight excluding hydrogens is 470 g/mol. The van der Waals surface area contributed by atoms with Crippen molar-refractivity contribution in [1.29, 1.82) is 0 Å². The van der Waals surface area contributed by atoms with Crippen molar-refractivity contribution in [3.63, 3.8) is 0 Å². The van der Waals surface area contributed by atoms with Gasteiger partial charge < -0.3 is 9.32 Å². The van der Waals surface area contributed by atoms with Crippen LogP contribution in [0, 0.1) is 6.92 Å². The third-order valence-electron chi connectivity index (χ3n) is 7.37. The summed E-state index contributed by atoms with van der Waals surface area (Å²) in [6, 6.07) is 26.8. The smallest absolute Gasteiger partial charge is 0.231 e. The first-order valence-corrected chi connectivity index (χ1v) is 12.8. The maximum atomic E-state index is 11.6. The first-order valence-electron chi connectivity index (χ1n) is 12.4. The van der Waals surface area contributed by atoms with Gasteiger partial charge in [0.15, 0.2) is 5.82 Å². The second-order valence-electron chi connectivity index (χ2n) is 9.63. The van der Waals surface area contributed by atoms with Gasteiger partial charge in [-0.2, -0.15) is 4.98 Å². The van der Waals surface area contributed by atoms with Crippen LogP contribution in [0.2, 0.25) is 5.02 Å². The molecule has 6 heteroatoms. The predicted molar refractivity (Wildman–Crippen MR) is 141 cm³/mol. The van der Waals surface area contributed by atoms with Gasteiger partial charge in [-0.25, -0.2) is 0 Å². The van der Waals surface area contributed by atoms with Crippen LogP contribution >= 0.6 is 11.6 Å². The van der Waals surface area contributed by atoms with Gasteiger partial charge in [-0.05, 0) is 48.6 Å². The number of nitrogens with zero attached hydrogens (tertiary/aromatic N) is 3. The molecule has 0 radical (unpaired) electrons. The van der Waals surface area contributed by atoms with Crippen LogP contribution < -0.4 is 0 Å². The van der Waals surface area contributed by atoms with E-state index in [4.69, 9.17) is 21.1 Å². The van der Waals surface area contributed by atoms with Crippen LogP contribution in [0.3, 0.4) is 0 Å². The molecule has 1 saturated heterocycles. The van der Waals surface area contributed by atoms with Crippen molar-refractivity contribution < 1.29 is 9.32 Å². The number of benzene rings is 3. The molecule has 184 valence electrons. The fraction of sp³-hybridized carbons (Fsp3) is 0.300. The first kappa shape index (κ1) is 24.4. The molecular formula is C30H30ClN3O2. The standard InChI is InChI=1S/C30H30ClN3O2/c1-22-7-11-24(12-8-22)27(15-20-35)34-18-16-30(17-19-34,25-5-3-2-4-6-25)29-32-28(36-33-29)21-23-9-13-26(31)14-10-23/h2-14,20,27H,15-19,21H2,1H3. The Balaban J connectivity index is 1.41. The Morgan fingerprint density at radius 3 is 2.36 bits per heavy atom. The molecule has 1 aromatic heterocycles. The number of carbonyl (C=O) groups is 1. The maximum Gasteiger partial charge on any atom is 0.231 e. The summed E-state index contributed by atoms with van der Waals surface area (Å²) in [5, 5.41) is 5.20. The van der Waals surface area contributed by atoms with Crippen LogP contribution in [0.5, 0.6) is 0 Å². The summed E-state index contributed by atoms with van der Waals surface area (Å²) in [5.41, 5.74) is 4.35. The molecule has 0 bridgehead atoms. The topological polar surface area (TPSA) is 59.2 Å². The maximum absolute atomic E-state index is 11.6. The summed E-state index contributed by atoms with van der Waals surface area (Å²) < 4.78 is 5.74. The molecule has 1 aliphatic rings. The van der Waals surface area contributed by atoms with Gasteiger partial charge in [0.25, 0.3) is 0 Å². The van der Waals surface area contributed by atoms with E-state index in [1.54, 1.807) is 0 Å². The summed E-state index contributed by atoms with van der Waals surface area (Å²) in [6.45, 7) is 3.75. The van der Waals surface area contributed by atoms with E-state index in [0.717, 1.165) is 43.6 Å². The van der Waals surface area contributed by atoms with Crippen LogP contribution in [0.15, 0.2) is 83.4 Å². The zero-order chi connectivity index (χ0) is 25.0. The SMILES string of the molecule is Cc1ccc(C(CC=O)N2CCC(c3ccccc3)(c3noc(Cc4ccc(Cl)cc4)n3)CC2)cc1. The summed E-state index contributed by atoms with van der Waals surface area (Å²) in [5.74, 6) is 1.34. The van der Waals surface area contributed by atoms with Gasteiger partial charge in [0.05, 0.1) is 11.8 Å². The quantitative estimate of drug-likeness (QED) is 0.265. The summed E-state index contributed by atoms with van der Waals surface area (Å²) in [7, 11) is 0. The van der Waals surface area contributed by atoms with Gasteiger partial charge in [0.1, 0.15) is 6.29 Å². The third-order valence-corrected chi connectivity index (χ3v) is 7.62. The van der Waals surface area contributed by atoms with Crippen molar-refractivity contribution in [2.45, 2.75) is 44.1 Å². The number of carbonyl (C=O) groups excluding carboxylic acids is 1. The van der Waals surface area contributed by atoms with E-state index in [9.17, 15) is 4.79 Å². The van der Waals surface area contributed by atoms with Crippen molar-refractivity contribution in [1.82, 2.24) is 15.0 Å². The lowest BCUT2D eigenvalue weighted by Gasteiger charge is -2.43. The molecule has 0 aliphatic carbocycles. The van der Waals surface area contributed by atoms with Crippen LogP contribution in [0.1, 0.15) is 59.3 Å².